The van der Waals surface area contributed by atoms with Gasteiger partial charge in [0.05, 0.1) is 28.4 Å². The number of carbonyl (C=O) groups is 1. The zero-order valence-electron chi connectivity index (χ0n) is 16.8. The van der Waals surface area contributed by atoms with Crippen molar-refractivity contribution in [2.45, 2.75) is 19.1 Å². The molecular formula is C23H17F3N4O2. The van der Waals surface area contributed by atoms with E-state index in [4.69, 9.17) is 4.42 Å². The number of nitrogens with zero attached hydrogens (tertiary/aromatic N) is 2. The molecule has 162 valence electrons. The summed E-state index contributed by atoms with van der Waals surface area (Å²) in [6.45, 7) is 1.72. The van der Waals surface area contributed by atoms with Crippen molar-refractivity contribution in [3.05, 3.63) is 89.5 Å². The molecule has 2 aromatic carbocycles. The fourth-order valence-corrected chi connectivity index (χ4v) is 3.95. The first-order chi connectivity index (χ1) is 15.3. The van der Waals surface area contributed by atoms with Gasteiger partial charge in [-0.3, -0.25) is 9.36 Å². The standard InChI is InChI=1S/C23H17F3N4O2/c1-13-19(21(31)28-15-7-4-6-14(12-15)23(24,25)26)20(18-10-5-11-32-18)30-17-9-3-2-8-16(17)29-22(30)27-13/h2-12,20H,1H3,(H,27,29)(H,28,31)/t20-/m1/s1. The first-order valence-electron chi connectivity index (χ1n) is 9.79. The lowest BCUT2D eigenvalue weighted by molar-refractivity contribution is -0.137. The number of hydrogen-bond acceptors (Lipinski definition) is 4. The highest BCUT2D eigenvalue weighted by Crippen LogP contribution is 2.40. The summed E-state index contributed by atoms with van der Waals surface area (Å²) in [7, 11) is 0. The topological polar surface area (TPSA) is 72.1 Å². The van der Waals surface area contributed by atoms with Crippen molar-refractivity contribution in [2.24, 2.45) is 0 Å². The van der Waals surface area contributed by atoms with Gasteiger partial charge < -0.3 is 15.1 Å². The fraction of sp³-hybridized carbons (Fsp3) is 0.130. The van der Waals surface area contributed by atoms with E-state index in [2.05, 4.69) is 15.6 Å². The molecule has 0 fully saturated rings. The second-order valence-electron chi connectivity index (χ2n) is 7.41. The number of aromatic nitrogens is 2. The lowest BCUT2D eigenvalue weighted by atomic mass is 9.99. The van der Waals surface area contributed by atoms with Crippen molar-refractivity contribution in [3.8, 4) is 0 Å². The molecule has 0 aliphatic carbocycles. The Morgan fingerprint density at radius 3 is 2.69 bits per heavy atom. The lowest BCUT2D eigenvalue weighted by Crippen LogP contribution is -2.30. The Kier molecular flexibility index (Phi) is 4.54. The van der Waals surface area contributed by atoms with Crippen LogP contribution in [0.1, 0.15) is 24.3 Å². The molecule has 0 saturated carbocycles. The molecule has 2 N–H and O–H groups in total. The molecule has 1 atom stereocenters. The molecule has 32 heavy (non-hydrogen) atoms. The van der Waals surface area contributed by atoms with E-state index in [-0.39, 0.29) is 5.69 Å². The van der Waals surface area contributed by atoms with Gasteiger partial charge in [0.15, 0.2) is 0 Å². The maximum Gasteiger partial charge on any atom is 0.416 e. The summed E-state index contributed by atoms with van der Waals surface area (Å²) < 4.78 is 46.8. The van der Waals surface area contributed by atoms with E-state index in [1.54, 1.807) is 19.1 Å². The average Bonchev–Trinajstić information content (AvgIpc) is 3.40. The molecule has 0 radical (unpaired) electrons. The van der Waals surface area contributed by atoms with Gasteiger partial charge in [-0.05, 0) is 49.4 Å². The lowest BCUT2D eigenvalue weighted by Gasteiger charge is -2.29. The number of carbonyl (C=O) groups excluding carboxylic acids is 1. The summed E-state index contributed by atoms with van der Waals surface area (Å²) in [6.07, 6.45) is -3.00. The number of benzene rings is 2. The highest BCUT2D eigenvalue weighted by atomic mass is 19.4. The van der Waals surface area contributed by atoms with Crippen LogP contribution in [0.25, 0.3) is 11.0 Å². The van der Waals surface area contributed by atoms with Crippen molar-refractivity contribution in [2.75, 3.05) is 10.6 Å². The maximum atomic E-state index is 13.3. The summed E-state index contributed by atoms with van der Waals surface area (Å²) in [5.74, 6) is 0.504. The van der Waals surface area contributed by atoms with Gasteiger partial charge in [-0.25, -0.2) is 4.98 Å². The van der Waals surface area contributed by atoms with E-state index in [1.165, 1.54) is 18.4 Å². The van der Waals surface area contributed by atoms with Crippen LogP contribution < -0.4 is 10.6 Å². The molecule has 6 nitrogen and oxygen atoms in total. The average molecular weight is 438 g/mol. The van der Waals surface area contributed by atoms with Crippen LogP contribution in [0, 0.1) is 0 Å². The third-order valence-corrected chi connectivity index (χ3v) is 5.34. The number of alkyl halides is 3. The summed E-state index contributed by atoms with van der Waals surface area (Å²) >= 11 is 0. The molecule has 5 rings (SSSR count). The van der Waals surface area contributed by atoms with E-state index in [0.29, 0.717) is 23.0 Å². The molecule has 1 aliphatic rings. The zero-order valence-corrected chi connectivity index (χ0v) is 16.8. The predicted molar refractivity (Wildman–Crippen MR) is 113 cm³/mol. The highest BCUT2D eigenvalue weighted by molar-refractivity contribution is 6.06. The second-order valence-corrected chi connectivity index (χ2v) is 7.41. The van der Waals surface area contributed by atoms with Gasteiger partial charge >= 0.3 is 6.18 Å². The minimum Gasteiger partial charge on any atom is -0.467 e. The number of nitrogens with one attached hydrogen (secondary N) is 2. The van der Waals surface area contributed by atoms with Gasteiger partial charge in [0, 0.05) is 11.4 Å². The molecular weight excluding hydrogens is 421 g/mol. The number of anilines is 2. The third kappa shape index (κ3) is 3.31. The molecule has 2 aromatic heterocycles. The van der Waals surface area contributed by atoms with Crippen LogP contribution in [0.3, 0.4) is 0 Å². The summed E-state index contributed by atoms with van der Waals surface area (Å²) in [5, 5.41) is 5.75. The summed E-state index contributed by atoms with van der Waals surface area (Å²) in [6, 6.07) is 14.8. The first kappa shape index (κ1) is 19.9. The summed E-state index contributed by atoms with van der Waals surface area (Å²) in [5.41, 5.74) is 1.57. The second kappa shape index (κ2) is 7.30. The molecule has 1 amide bonds. The van der Waals surface area contributed by atoms with Crippen LogP contribution >= 0.6 is 0 Å². The predicted octanol–water partition coefficient (Wildman–Crippen LogP) is 5.58. The minimum absolute atomic E-state index is 0.0459. The number of rotatable bonds is 3. The van der Waals surface area contributed by atoms with Gasteiger partial charge in [-0.15, -0.1) is 0 Å². The molecule has 9 heteroatoms. The molecule has 0 saturated heterocycles. The van der Waals surface area contributed by atoms with Gasteiger partial charge in [-0.2, -0.15) is 13.2 Å². The number of imidazole rings is 1. The van der Waals surface area contributed by atoms with Gasteiger partial charge in [0.25, 0.3) is 5.91 Å². The van der Waals surface area contributed by atoms with E-state index >= 15 is 0 Å². The van der Waals surface area contributed by atoms with Crippen LogP contribution in [0.5, 0.6) is 0 Å². The Hall–Kier alpha value is -4.01. The summed E-state index contributed by atoms with van der Waals surface area (Å²) in [4.78, 5) is 17.9. The number of fused-ring (bicyclic) bond motifs is 3. The van der Waals surface area contributed by atoms with Crippen molar-refractivity contribution in [1.29, 1.82) is 0 Å². The monoisotopic (exact) mass is 438 g/mol. The Labute approximate surface area is 180 Å². The molecule has 4 aromatic rings. The number of amides is 1. The largest absolute Gasteiger partial charge is 0.467 e. The quantitative estimate of drug-likeness (QED) is 0.438. The molecule has 0 spiro atoms. The first-order valence-corrected chi connectivity index (χ1v) is 9.79. The number of hydrogen-bond donors (Lipinski definition) is 2. The number of para-hydroxylation sites is 2. The van der Waals surface area contributed by atoms with Gasteiger partial charge in [-0.1, -0.05) is 18.2 Å². The van der Waals surface area contributed by atoms with Crippen molar-refractivity contribution in [3.63, 3.8) is 0 Å². The van der Waals surface area contributed by atoms with Gasteiger partial charge in [0.2, 0.25) is 5.95 Å². The Morgan fingerprint density at radius 1 is 1.12 bits per heavy atom. The smallest absolute Gasteiger partial charge is 0.416 e. The molecule has 0 bridgehead atoms. The zero-order chi connectivity index (χ0) is 22.5. The van der Waals surface area contributed by atoms with Crippen molar-refractivity contribution < 1.29 is 22.4 Å². The van der Waals surface area contributed by atoms with Crippen molar-refractivity contribution >= 4 is 28.6 Å². The molecule has 3 heterocycles. The number of furan rings is 1. The van der Waals surface area contributed by atoms with Crippen LogP contribution in [0.4, 0.5) is 24.8 Å². The van der Waals surface area contributed by atoms with E-state index in [9.17, 15) is 18.0 Å². The van der Waals surface area contributed by atoms with Crippen LogP contribution in [-0.2, 0) is 11.0 Å². The Bertz CT molecular complexity index is 1350. The Balaban J connectivity index is 1.59. The van der Waals surface area contributed by atoms with Crippen molar-refractivity contribution in [1.82, 2.24) is 9.55 Å². The van der Waals surface area contributed by atoms with Crippen LogP contribution in [-0.4, -0.2) is 15.5 Å². The Morgan fingerprint density at radius 2 is 1.94 bits per heavy atom. The van der Waals surface area contributed by atoms with E-state index in [0.717, 1.165) is 23.2 Å². The fourth-order valence-electron chi connectivity index (χ4n) is 3.95. The molecule has 1 aliphatic heterocycles. The number of allylic oxidation sites excluding steroid dienone is 1. The highest BCUT2D eigenvalue weighted by Gasteiger charge is 2.36. The van der Waals surface area contributed by atoms with Crippen LogP contribution in [0.2, 0.25) is 0 Å². The third-order valence-electron chi connectivity index (χ3n) is 5.34. The minimum atomic E-state index is -4.51. The maximum absolute atomic E-state index is 13.3. The normalized spacial score (nSPS) is 16.1. The van der Waals surface area contributed by atoms with Crippen LogP contribution in [0.15, 0.2) is 82.6 Å². The SMILES string of the molecule is CC1=C(C(=O)Nc2cccc(C(F)(F)F)c2)[C@@H](c2ccco2)n2c(nc3ccccc32)N1. The van der Waals surface area contributed by atoms with E-state index in [1.807, 2.05) is 28.8 Å². The molecule has 0 unspecified atom stereocenters. The van der Waals surface area contributed by atoms with Gasteiger partial charge in [0.1, 0.15) is 11.8 Å². The van der Waals surface area contributed by atoms with E-state index < -0.39 is 23.7 Å². The number of halogens is 3.